The molecule has 164 valence electrons. The molecule has 0 saturated carbocycles. The predicted molar refractivity (Wildman–Crippen MR) is 108 cm³/mol. The summed E-state index contributed by atoms with van der Waals surface area (Å²) in [6.07, 6.45) is 0.258. The van der Waals surface area contributed by atoms with Gasteiger partial charge in [0.05, 0.1) is 35.5 Å². The fraction of sp³-hybridized carbons (Fsp3) is 0.412. The van der Waals surface area contributed by atoms with Crippen LogP contribution < -0.4 is 5.73 Å². The molecule has 0 spiro atoms. The van der Waals surface area contributed by atoms with Gasteiger partial charge in [-0.1, -0.05) is 11.6 Å². The van der Waals surface area contributed by atoms with E-state index in [-0.39, 0.29) is 27.3 Å². The Bertz CT molecular complexity index is 1100. The van der Waals surface area contributed by atoms with Gasteiger partial charge in [-0.3, -0.25) is 23.9 Å². The van der Waals surface area contributed by atoms with Crippen molar-refractivity contribution < 1.29 is 31.9 Å². The third-order valence-corrected chi connectivity index (χ3v) is 4.77. The van der Waals surface area contributed by atoms with Crippen LogP contribution in [0.25, 0.3) is 10.9 Å². The minimum absolute atomic E-state index is 0.0360. The number of carbonyl (C=O) groups excluding carboxylic acids is 2. The number of benzene rings is 1. The SMILES string of the molecule is CC(C)OC(=O)[C@@H](N)C(COS(C)(=O)=O)C(=O)c1cc2cc(Cl)cc([N+](=O)[O-])c2[nH]1. The lowest BCUT2D eigenvalue weighted by Gasteiger charge is -2.21. The van der Waals surface area contributed by atoms with Crippen LogP contribution in [0.1, 0.15) is 24.3 Å². The monoisotopic (exact) mass is 461 g/mol. The van der Waals surface area contributed by atoms with Crippen LogP contribution in [-0.2, 0) is 23.8 Å². The Morgan fingerprint density at radius 2 is 1.93 bits per heavy atom. The summed E-state index contributed by atoms with van der Waals surface area (Å²) in [4.78, 5) is 38.4. The average molecular weight is 462 g/mol. The van der Waals surface area contributed by atoms with E-state index in [0.717, 1.165) is 12.3 Å². The second-order valence-corrected chi connectivity index (χ2v) is 8.88. The number of hydrogen-bond donors (Lipinski definition) is 2. The van der Waals surface area contributed by atoms with E-state index in [9.17, 15) is 28.1 Å². The molecule has 0 saturated heterocycles. The van der Waals surface area contributed by atoms with Gasteiger partial charge in [0, 0.05) is 16.5 Å². The smallest absolute Gasteiger partial charge is 0.324 e. The molecule has 0 fully saturated rings. The molecule has 1 aromatic heterocycles. The fourth-order valence-corrected chi connectivity index (χ4v) is 3.29. The summed E-state index contributed by atoms with van der Waals surface area (Å²) in [6.45, 7) is 2.44. The third kappa shape index (κ3) is 5.75. The fourth-order valence-electron chi connectivity index (χ4n) is 2.68. The van der Waals surface area contributed by atoms with Gasteiger partial charge in [0.15, 0.2) is 5.78 Å². The molecule has 2 rings (SSSR count). The van der Waals surface area contributed by atoms with E-state index in [0.29, 0.717) is 0 Å². The number of nitro benzene ring substituents is 1. The number of halogens is 1. The van der Waals surface area contributed by atoms with Gasteiger partial charge in [0.2, 0.25) is 0 Å². The average Bonchev–Trinajstić information content (AvgIpc) is 3.02. The van der Waals surface area contributed by atoms with Gasteiger partial charge >= 0.3 is 5.97 Å². The number of Topliss-reactive ketones (excluding diaryl/α,β-unsaturated/α-hetero) is 1. The summed E-state index contributed by atoms with van der Waals surface area (Å²) in [5, 5.41) is 11.6. The minimum atomic E-state index is -3.94. The molecular formula is C17H20ClN3O8S. The minimum Gasteiger partial charge on any atom is -0.462 e. The largest absolute Gasteiger partial charge is 0.462 e. The third-order valence-electron chi connectivity index (χ3n) is 3.99. The van der Waals surface area contributed by atoms with Crippen molar-refractivity contribution in [3.05, 3.63) is 39.0 Å². The molecule has 1 aromatic carbocycles. The first kappa shape index (κ1) is 23.7. The lowest BCUT2D eigenvalue weighted by Crippen LogP contribution is -2.46. The van der Waals surface area contributed by atoms with Gasteiger partial charge in [-0.2, -0.15) is 8.42 Å². The van der Waals surface area contributed by atoms with E-state index >= 15 is 0 Å². The zero-order chi connectivity index (χ0) is 22.8. The maximum Gasteiger partial charge on any atom is 0.324 e. The number of rotatable bonds is 9. The Morgan fingerprint density at radius 3 is 2.47 bits per heavy atom. The molecule has 0 amide bonds. The Balaban J connectivity index is 2.47. The molecule has 0 aliphatic rings. The van der Waals surface area contributed by atoms with Gasteiger partial charge in [-0.15, -0.1) is 0 Å². The Morgan fingerprint density at radius 1 is 1.30 bits per heavy atom. The quantitative estimate of drug-likeness (QED) is 0.185. The number of aromatic nitrogens is 1. The number of aromatic amines is 1. The first-order chi connectivity index (χ1) is 13.8. The van der Waals surface area contributed by atoms with Crippen molar-refractivity contribution in [3.63, 3.8) is 0 Å². The zero-order valence-corrected chi connectivity index (χ0v) is 17.8. The number of fused-ring (bicyclic) bond motifs is 1. The molecule has 2 aromatic rings. The standard InChI is InChI=1S/C17H20ClN3O8S/c1-8(2)29-17(23)14(19)11(7-28-30(3,26)27)16(22)12-5-9-4-10(18)6-13(21(24)25)15(9)20-12/h4-6,8,11,14,20H,7,19H2,1-3H3/t11?,14-/m0/s1. The molecular weight excluding hydrogens is 442 g/mol. The summed E-state index contributed by atoms with van der Waals surface area (Å²) in [7, 11) is -3.94. The molecule has 2 atom stereocenters. The molecule has 0 aliphatic heterocycles. The van der Waals surface area contributed by atoms with Crippen LogP contribution in [0.4, 0.5) is 5.69 Å². The van der Waals surface area contributed by atoms with Crippen molar-refractivity contribution in [2.24, 2.45) is 11.7 Å². The number of H-pyrrole nitrogens is 1. The number of non-ortho nitro benzene ring substituents is 1. The van der Waals surface area contributed by atoms with Crippen molar-refractivity contribution in [2.75, 3.05) is 12.9 Å². The van der Waals surface area contributed by atoms with E-state index in [4.69, 9.17) is 22.1 Å². The maximum atomic E-state index is 13.0. The normalized spacial score (nSPS) is 13.9. The molecule has 0 bridgehead atoms. The molecule has 1 unspecified atom stereocenters. The number of carbonyl (C=O) groups is 2. The predicted octanol–water partition coefficient (Wildman–Crippen LogP) is 1.78. The summed E-state index contributed by atoms with van der Waals surface area (Å²) in [6, 6.07) is 2.29. The van der Waals surface area contributed by atoms with Crippen molar-refractivity contribution in [1.29, 1.82) is 0 Å². The highest BCUT2D eigenvalue weighted by molar-refractivity contribution is 7.85. The van der Waals surface area contributed by atoms with Gasteiger partial charge in [0.25, 0.3) is 15.8 Å². The molecule has 13 heteroatoms. The highest BCUT2D eigenvalue weighted by atomic mass is 35.5. The lowest BCUT2D eigenvalue weighted by atomic mass is 9.94. The number of hydrogen-bond acceptors (Lipinski definition) is 9. The Labute approximate surface area is 176 Å². The zero-order valence-electron chi connectivity index (χ0n) is 16.2. The van der Waals surface area contributed by atoms with Crippen LogP contribution in [0.5, 0.6) is 0 Å². The number of nitrogens with two attached hydrogens (primary N) is 1. The van der Waals surface area contributed by atoms with Gasteiger partial charge in [0.1, 0.15) is 11.6 Å². The van der Waals surface area contributed by atoms with E-state index < -0.39 is 51.5 Å². The summed E-state index contributed by atoms with van der Waals surface area (Å²) < 4.78 is 32.4. The number of nitrogens with zero attached hydrogens (tertiary/aromatic N) is 1. The van der Waals surface area contributed by atoms with E-state index in [1.54, 1.807) is 13.8 Å². The molecule has 0 aliphatic carbocycles. The van der Waals surface area contributed by atoms with Gasteiger partial charge in [-0.05, 0) is 26.0 Å². The van der Waals surface area contributed by atoms with E-state index in [1.807, 2.05) is 0 Å². The molecule has 30 heavy (non-hydrogen) atoms. The Hall–Kier alpha value is -2.54. The van der Waals surface area contributed by atoms with Crippen molar-refractivity contribution in [2.45, 2.75) is 26.0 Å². The maximum absolute atomic E-state index is 13.0. The van der Waals surface area contributed by atoms with Crippen LogP contribution in [0, 0.1) is 16.0 Å². The van der Waals surface area contributed by atoms with Crippen LogP contribution in [-0.4, -0.2) is 55.1 Å². The van der Waals surface area contributed by atoms with E-state index in [1.165, 1.54) is 12.1 Å². The highest BCUT2D eigenvalue weighted by Gasteiger charge is 2.35. The number of esters is 1. The van der Waals surface area contributed by atoms with E-state index in [2.05, 4.69) is 9.17 Å². The van der Waals surface area contributed by atoms with Gasteiger partial charge < -0.3 is 15.5 Å². The number of nitrogens with one attached hydrogen (secondary N) is 1. The summed E-state index contributed by atoms with van der Waals surface area (Å²) in [5.74, 6) is -3.15. The summed E-state index contributed by atoms with van der Waals surface area (Å²) >= 11 is 5.89. The second-order valence-electron chi connectivity index (χ2n) is 6.80. The van der Waals surface area contributed by atoms with Crippen LogP contribution >= 0.6 is 11.6 Å². The topological polar surface area (TPSA) is 172 Å². The number of nitro groups is 1. The van der Waals surface area contributed by atoms with Crippen LogP contribution in [0.2, 0.25) is 5.02 Å². The second kappa shape index (κ2) is 9.08. The molecule has 3 N–H and O–H groups in total. The van der Waals surface area contributed by atoms with Crippen molar-refractivity contribution >= 4 is 50.1 Å². The first-order valence-electron chi connectivity index (χ1n) is 8.61. The highest BCUT2D eigenvalue weighted by Crippen LogP contribution is 2.30. The molecule has 11 nitrogen and oxygen atoms in total. The molecule has 1 heterocycles. The summed E-state index contributed by atoms with van der Waals surface area (Å²) in [5.41, 5.74) is 5.40. The van der Waals surface area contributed by atoms with Gasteiger partial charge in [-0.25, -0.2) is 0 Å². The molecule has 0 radical (unpaired) electrons. The number of ether oxygens (including phenoxy) is 1. The lowest BCUT2D eigenvalue weighted by molar-refractivity contribution is -0.383. The van der Waals surface area contributed by atoms with Crippen molar-refractivity contribution in [3.8, 4) is 0 Å². The van der Waals surface area contributed by atoms with Crippen LogP contribution in [0.15, 0.2) is 18.2 Å². The first-order valence-corrected chi connectivity index (χ1v) is 10.8. The van der Waals surface area contributed by atoms with Crippen LogP contribution in [0.3, 0.4) is 0 Å². The Kier molecular flexibility index (Phi) is 7.18. The number of ketones is 1. The van der Waals surface area contributed by atoms with Crippen molar-refractivity contribution in [1.82, 2.24) is 4.98 Å².